The molecule has 5 rings (SSSR count). The first-order chi connectivity index (χ1) is 14.6. The molecule has 3 heterocycles. The Labute approximate surface area is 176 Å². The predicted octanol–water partition coefficient (Wildman–Crippen LogP) is 3.02. The minimum atomic E-state index is -0.375. The molecule has 1 aliphatic carbocycles. The van der Waals surface area contributed by atoms with Gasteiger partial charge in [-0.3, -0.25) is 9.59 Å². The van der Waals surface area contributed by atoms with Crippen molar-refractivity contribution >= 4 is 28.4 Å². The Hall–Kier alpha value is -3.39. The van der Waals surface area contributed by atoms with Crippen molar-refractivity contribution in [3.8, 4) is 5.69 Å². The van der Waals surface area contributed by atoms with Gasteiger partial charge in [0.2, 0.25) is 5.91 Å². The van der Waals surface area contributed by atoms with Gasteiger partial charge in [-0.15, -0.1) is 0 Å². The summed E-state index contributed by atoms with van der Waals surface area (Å²) in [7, 11) is 0. The molecule has 152 valence electrons. The quantitative estimate of drug-likeness (QED) is 0.514. The van der Waals surface area contributed by atoms with Gasteiger partial charge in [-0.05, 0) is 43.2 Å². The van der Waals surface area contributed by atoms with Crippen LogP contribution in [0.2, 0.25) is 5.02 Å². The van der Waals surface area contributed by atoms with E-state index in [4.69, 9.17) is 16.0 Å². The van der Waals surface area contributed by atoms with Crippen molar-refractivity contribution < 1.29 is 9.21 Å². The lowest BCUT2D eigenvalue weighted by Crippen LogP contribution is -2.34. The molecule has 1 saturated carbocycles. The van der Waals surface area contributed by atoms with Gasteiger partial charge < -0.3 is 9.73 Å². The molecule has 1 fully saturated rings. The third-order valence-electron chi connectivity index (χ3n) is 5.06. The normalized spacial score (nSPS) is 13.6. The average Bonchev–Trinajstić information content (AvgIpc) is 3.25. The monoisotopic (exact) mass is 423 g/mol. The summed E-state index contributed by atoms with van der Waals surface area (Å²) < 4.78 is 8.00. The number of fused-ring (bicyclic) bond motifs is 1. The number of nitrogens with zero attached hydrogens (tertiary/aromatic N) is 4. The second kappa shape index (κ2) is 7.46. The highest BCUT2D eigenvalue weighted by molar-refractivity contribution is 6.30. The molecule has 0 bridgehead atoms. The molecular weight excluding hydrogens is 406 g/mol. The highest BCUT2D eigenvalue weighted by Gasteiger charge is 2.30. The van der Waals surface area contributed by atoms with Gasteiger partial charge in [-0.1, -0.05) is 17.7 Å². The summed E-state index contributed by atoms with van der Waals surface area (Å²) in [6, 6.07) is 10.6. The first-order valence-corrected chi connectivity index (χ1v) is 10.0. The van der Waals surface area contributed by atoms with E-state index in [0.29, 0.717) is 22.0 Å². The van der Waals surface area contributed by atoms with Crippen LogP contribution in [-0.4, -0.2) is 25.5 Å². The Morgan fingerprint density at radius 1 is 1.27 bits per heavy atom. The number of aromatic nitrogens is 4. The van der Waals surface area contributed by atoms with E-state index < -0.39 is 0 Å². The summed E-state index contributed by atoms with van der Waals surface area (Å²) in [5, 5.41) is 12.9. The van der Waals surface area contributed by atoms with Crippen molar-refractivity contribution in [2.45, 2.75) is 31.8 Å². The number of hydrogen-bond acceptors (Lipinski definition) is 5. The standard InChI is InChI=1S/C21H18ClN5O3/c22-14-3-1-4-15(9-14)27-20-17(11-24-27)19(13-6-7-13)25-26(21(20)29)12-18(28)23-10-16-5-2-8-30-16/h1-5,8-9,11,13H,6-7,10,12H2,(H,23,28). The van der Waals surface area contributed by atoms with Gasteiger partial charge in [-0.2, -0.15) is 10.2 Å². The highest BCUT2D eigenvalue weighted by Crippen LogP contribution is 2.41. The van der Waals surface area contributed by atoms with E-state index in [2.05, 4.69) is 15.5 Å². The Kier molecular flexibility index (Phi) is 4.63. The molecule has 30 heavy (non-hydrogen) atoms. The molecule has 9 heteroatoms. The van der Waals surface area contributed by atoms with E-state index >= 15 is 0 Å². The molecule has 0 radical (unpaired) electrons. The Bertz CT molecular complexity index is 1290. The smallest absolute Gasteiger partial charge is 0.293 e. The van der Waals surface area contributed by atoms with E-state index in [0.717, 1.165) is 23.9 Å². The number of carbonyl (C=O) groups excluding carboxylic acids is 1. The molecule has 0 aliphatic heterocycles. The summed E-state index contributed by atoms with van der Waals surface area (Å²) in [5.74, 6) is 0.593. The number of rotatable bonds is 6. The van der Waals surface area contributed by atoms with Crippen LogP contribution in [0.25, 0.3) is 16.6 Å². The first-order valence-electron chi connectivity index (χ1n) is 9.64. The second-order valence-electron chi connectivity index (χ2n) is 7.28. The van der Waals surface area contributed by atoms with Gasteiger partial charge in [0.05, 0.1) is 30.4 Å². The van der Waals surface area contributed by atoms with Gasteiger partial charge in [-0.25, -0.2) is 9.36 Å². The minimum absolute atomic E-state index is 0.185. The third-order valence-corrected chi connectivity index (χ3v) is 5.30. The summed E-state index contributed by atoms with van der Waals surface area (Å²) in [5.41, 5.74) is 1.50. The SMILES string of the molecule is O=C(Cn1nc(C2CC2)c2cnn(-c3cccc(Cl)c3)c2c1=O)NCc1ccco1. The molecular formula is C21H18ClN5O3. The van der Waals surface area contributed by atoms with Crippen LogP contribution >= 0.6 is 11.6 Å². The maximum absolute atomic E-state index is 13.2. The lowest BCUT2D eigenvalue weighted by Gasteiger charge is -2.10. The van der Waals surface area contributed by atoms with Crippen LogP contribution in [0, 0.1) is 0 Å². The van der Waals surface area contributed by atoms with Crippen molar-refractivity contribution in [1.29, 1.82) is 0 Å². The molecule has 0 spiro atoms. The van der Waals surface area contributed by atoms with Crippen LogP contribution < -0.4 is 10.9 Å². The number of hydrogen-bond donors (Lipinski definition) is 1. The molecule has 0 unspecified atom stereocenters. The van der Waals surface area contributed by atoms with E-state index in [1.165, 1.54) is 4.68 Å². The summed E-state index contributed by atoms with van der Waals surface area (Å²) >= 11 is 6.12. The van der Waals surface area contributed by atoms with Crippen LogP contribution in [0.5, 0.6) is 0 Å². The van der Waals surface area contributed by atoms with Crippen molar-refractivity contribution in [2.24, 2.45) is 0 Å². The molecule has 1 aliphatic rings. The zero-order valence-corrected chi connectivity index (χ0v) is 16.7. The summed E-state index contributed by atoms with van der Waals surface area (Å²) in [6.07, 6.45) is 5.22. The van der Waals surface area contributed by atoms with Crippen molar-refractivity contribution in [3.63, 3.8) is 0 Å². The van der Waals surface area contributed by atoms with Gasteiger partial charge in [0.1, 0.15) is 17.8 Å². The molecule has 1 N–H and O–H groups in total. The fraction of sp³-hybridized carbons (Fsp3) is 0.238. The lowest BCUT2D eigenvalue weighted by atomic mass is 10.2. The molecule has 1 aromatic carbocycles. The average molecular weight is 424 g/mol. The van der Waals surface area contributed by atoms with Gasteiger partial charge in [0.25, 0.3) is 5.56 Å². The maximum atomic E-state index is 13.2. The zero-order chi connectivity index (χ0) is 20.7. The molecule has 8 nitrogen and oxygen atoms in total. The van der Waals surface area contributed by atoms with E-state index in [-0.39, 0.29) is 30.5 Å². The lowest BCUT2D eigenvalue weighted by molar-refractivity contribution is -0.122. The number of nitrogens with one attached hydrogen (secondary N) is 1. The number of carbonyl (C=O) groups is 1. The van der Waals surface area contributed by atoms with Crippen LogP contribution in [-0.2, 0) is 17.9 Å². The minimum Gasteiger partial charge on any atom is -0.467 e. The van der Waals surface area contributed by atoms with Gasteiger partial charge >= 0.3 is 0 Å². The topological polar surface area (TPSA) is 95.0 Å². The van der Waals surface area contributed by atoms with Crippen molar-refractivity contribution in [2.75, 3.05) is 0 Å². The Morgan fingerprint density at radius 3 is 2.87 bits per heavy atom. The van der Waals surface area contributed by atoms with Crippen molar-refractivity contribution in [3.05, 3.63) is 75.7 Å². The van der Waals surface area contributed by atoms with E-state index in [1.807, 2.05) is 6.07 Å². The largest absolute Gasteiger partial charge is 0.467 e. The molecule has 0 atom stereocenters. The van der Waals surface area contributed by atoms with Crippen LogP contribution in [0.1, 0.15) is 30.2 Å². The summed E-state index contributed by atoms with van der Waals surface area (Å²) in [6.45, 7) is 0.0642. The van der Waals surface area contributed by atoms with E-state index in [1.54, 1.807) is 47.5 Å². The number of furan rings is 1. The number of benzene rings is 1. The van der Waals surface area contributed by atoms with Gasteiger partial charge in [0.15, 0.2) is 0 Å². The van der Waals surface area contributed by atoms with Crippen molar-refractivity contribution in [1.82, 2.24) is 24.9 Å². The zero-order valence-electron chi connectivity index (χ0n) is 15.9. The number of amides is 1. The number of halogens is 1. The fourth-order valence-corrected chi connectivity index (χ4v) is 3.64. The second-order valence-corrected chi connectivity index (χ2v) is 7.71. The molecule has 3 aromatic heterocycles. The van der Waals surface area contributed by atoms with E-state index in [9.17, 15) is 9.59 Å². The van der Waals surface area contributed by atoms with Crippen LogP contribution in [0.15, 0.2) is 58.1 Å². The third kappa shape index (κ3) is 3.50. The Morgan fingerprint density at radius 2 is 2.13 bits per heavy atom. The highest BCUT2D eigenvalue weighted by atomic mass is 35.5. The fourth-order valence-electron chi connectivity index (χ4n) is 3.45. The Balaban J connectivity index is 1.53. The predicted molar refractivity (Wildman–Crippen MR) is 111 cm³/mol. The molecule has 4 aromatic rings. The van der Waals surface area contributed by atoms with Gasteiger partial charge in [0, 0.05) is 16.3 Å². The first kappa shape index (κ1) is 18.6. The molecule has 1 amide bonds. The summed E-state index contributed by atoms with van der Waals surface area (Å²) in [4.78, 5) is 25.7. The van der Waals surface area contributed by atoms with Crippen LogP contribution in [0.4, 0.5) is 0 Å². The van der Waals surface area contributed by atoms with Crippen LogP contribution in [0.3, 0.4) is 0 Å². The maximum Gasteiger partial charge on any atom is 0.293 e. The molecule has 0 saturated heterocycles.